The molecule has 2 heteroatoms. The van der Waals surface area contributed by atoms with E-state index in [1.807, 2.05) is 0 Å². The largest absolute Gasteiger partial charge is 0.461 e. The smallest absolute Gasteiger partial charge is 0.185 e. The maximum absolute atomic E-state index is 6.79. The lowest BCUT2D eigenvalue weighted by molar-refractivity contribution is 0.550. The van der Waals surface area contributed by atoms with Gasteiger partial charge in [-0.15, -0.1) is 0 Å². The van der Waals surface area contributed by atoms with Crippen LogP contribution in [0.25, 0.3) is 22.5 Å². The summed E-state index contributed by atoms with van der Waals surface area (Å²) in [6, 6.07) is 54.4. The van der Waals surface area contributed by atoms with Crippen molar-refractivity contribution in [2.24, 2.45) is 0 Å². The molecule has 0 spiro atoms. The van der Waals surface area contributed by atoms with Crippen LogP contribution in [-0.2, 0) is 0 Å². The van der Waals surface area contributed by atoms with Crippen molar-refractivity contribution in [3.63, 3.8) is 0 Å². The monoisotopic (exact) mass is 492 g/mol. The van der Waals surface area contributed by atoms with Gasteiger partial charge in [0.2, 0.25) is 0 Å². The Kier molecular flexibility index (Phi) is 6.17. The second-order valence-electron chi connectivity index (χ2n) is 9.32. The highest BCUT2D eigenvalue weighted by molar-refractivity contribution is 7.20. The molecule has 6 aromatic rings. The van der Waals surface area contributed by atoms with Gasteiger partial charge in [0.15, 0.2) is 8.07 Å². The Morgan fingerprint density at radius 2 is 0.784 bits per heavy atom. The van der Waals surface area contributed by atoms with Crippen molar-refractivity contribution in [1.82, 2.24) is 0 Å². The standard InChI is InChI=1S/C35H28OSi/c1-27-33(28-17-7-2-8-18-28)35(34(36-27)29-19-9-3-10-20-29)37(30-21-11-4-12-22-30,31-23-13-5-14-24-31)32-25-15-6-16-26-32/h2-26H,1H3. The van der Waals surface area contributed by atoms with Crippen molar-refractivity contribution in [2.45, 2.75) is 6.92 Å². The first-order chi connectivity index (χ1) is 18.3. The zero-order chi connectivity index (χ0) is 25.1. The number of hydrogen-bond donors (Lipinski definition) is 0. The average Bonchev–Trinajstić information content (AvgIpc) is 3.33. The van der Waals surface area contributed by atoms with Crippen LogP contribution in [0.15, 0.2) is 156 Å². The summed E-state index contributed by atoms with van der Waals surface area (Å²) in [5.74, 6) is 1.90. The number of benzene rings is 5. The van der Waals surface area contributed by atoms with Crippen LogP contribution in [0.3, 0.4) is 0 Å². The molecule has 1 aromatic heterocycles. The van der Waals surface area contributed by atoms with Crippen molar-refractivity contribution in [2.75, 3.05) is 0 Å². The molecular formula is C35H28OSi. The number of hydrogen-bond acceptors (Lipinski definition) is 1. The Morgan fingerprint density at radius 1 is 0.432 bits per heavy atom. The third-order valence-corrected chi connectivity index (χ3v) is 12.0. The molecule has 0 fully saturated rings. The minimum Gasteiger partial charge on any atom is -0.461 e. The highest BCUT2D eigenvalue weighted by Gasteiger charge is 2.47. The molecule has 0 saturated carbocycles. The van der Waals surface area contributed by atoms with Gasteiger partial charge in [-0.25, -0.2) is 0 Å². The van der Waals surface area contributed by atoms with Crippen LogP contribution in [0.2, 0.25) is 0 Å². The predicted octanol–water partition coefficient (Wildman–Crippen LogP) is 6.30. The molecule has 0 aliphatic rings. The normalized spacial score (nSPS) is 11.4. The van der Waals surface area contributed by atoms with Gasteiger partial charge in [-0.2, -0.15) is 0 Å². The second kappa shape index (κ2) is 9.92. The SMILES string of the molecule is Cc1oc(-c2ccccc2)c([Si](c2ccccc2)(c2ccccc2)c2ccccc2)c1-c1ccccc1. The fourth-order valence-electron chi connectivity index (χ4n) is 5.65. The molecule has 6 rings (SSSR count). The molecule has 0 aliphatic carbocycles. The second-order valence-corrected chi connectivity index (χ2v) is 13.0. The lowest BCUT2D eigenvalue weighted by Crippen LogP contribution is -2.75. The molecular weight excluding hydrogens is 464 g/mol. The summed E-state index contributed by atoms with van der Waals surface area (Å²) < 4.78 is 6.79. The molecule has 0 unspecified atom stereocenters. The van der Waals surface area contributed by atoms with Crippen molar-refractivity contribution in [1.29, 1.82) is 0 Å². The summed E-state index contributed by atoms with van der Waals surface area (Å²) in [6.45, 7) is 2.11. The quantitative estimate of drug-likeness (QED) is 0.196. The Bertz CT molecular complexity index is 1490. The molecule has 1 nitrogen and oxygen atoms in total. The van der Waals surface area contributed by atoms with Gasteiger partial charge in [0.1, 0.15) is 11.5 Å². The molecule has 0 atom stereocenters. The van der Waals surface area contributed by atoms with Gasteiger partial charge in [-0.05, 0) is 28.0 Å². The zero-order valence-corrected chi connectivity index (χ0v) is 21.8. The van der Waals surface area contributed by atoms with Gasteiger partial charge in [0.05, 0.1) is 0 Å². The number of aryl methyl sites for hydroxylation is 1. The molecule has 0 N–H and O–H groups in total. The van der Waals surface area contributed by atoms with E-state index in [4.69, 9.17) is 4.42 Å². The first kappa shape index (κ1) is 23.0. The molecule has 5 aromatic carbocycles. The summed E-state index contributed by atoms with van der Waals surface area (Å²) in [7, 11) is -2.83. The van der Waals surface area contributed by atoms with Crippen LogP contribution < -0.4 is 20.7 Å². The van der Waals surface area contributed by atoms with Crippen LogP contribution in [0.4, 0.5) is 0 Å². The lowest BCUT2D eigenvalue weighted by Gasteiger charge is -2.35. The Labute approximate surface area is 219 Å². The van der Waals surface area contributed by atoms with E-state index in [0.29, 0.717) is 0 Å². The van der Waals surface area contributed by atoms with Crippen molar-refractivity contribution < 1.29 is 4.42 Å². The van der Waals surface area contributed by atoms with Gasteiger partial charge in [0.25, 0.3) is 0 Å². The van der Waals surface area contributed by atoms with Gasteiger partial charge in [-0.1, -0.05) is 152 Å². The summed E-state index contributed by atoms with van der Waals surface area (Å²) >= 11 is 0. The number of rotatable bonds is 6. The highest BCUT2D eigenvalue weighted by atomic mass is 28.3. The molecule has 1 heterocycles. The maximum atomic E-state index is 6.79. The van der Waals surface area contributed by atoms with Crippen molar-refractivity contribution in [3.8, 4) is 22.5 Å². The summed E-state index contributed by atoms with van der Waals surface area (Å²) in [6.07, 6.45) is 0. The van der Waals surface area contributed by atoms with Crippen molar-refractivity contribution >= 4 is 28.8 Å². The van der Waals surface area contributed by atoms with Crippen molar-refractivity contribution in [3.05, 3.63) is 157 Å². The average molecular weight is 493 g/mol. The highest BCUT2D eigenvalue weighted by Crippen LogP contribution is 2.33. The Hall–Kier alpha value is -4.40. The first-order valence-electron chi connectivity index (χ1n) is 12.7. The molecule has 0 bridgehead atoms. The molecule has 0 radical (unpaired) electrons. The van der Waals surface area contributed by atoms with E-state index in [-0.39, 0.29) is 0 Å². The Morgan fingerprint density at radius 3 is 1.19 bits per heavy atom. The van der Waals surface area contributed by atoms with Crippen LogP contribution in [0, 0.1) is 6.92 Å². The van der Waals surface area contributed by atoms with Crippen LogP contribution in [0.1, 0.15) is 5.76 Å². The number of furan rings is 1. The first-order valence-corrected chi connectivity index (χ1v) is 14.7. The van der Waals surface area contributed by atoms with Gasteiger partial charge in [0, 0.05) is 16.3 Å². The van der Waals surface area contributed by atoms with Gasteiger partial charge >= 0.3 is 0 Å². The lowest BCUT2D eigenvalue weighted by atomic mass is 10.0. The molecule has 178 valence electrons. The molecule has 0 saturated heterocycles. The summed E-state index contributed by atoms with van der Waals surface area (Å²) in [4.78, 5) is 0. The molecule has 0 aliphatic heterocycles. The van der Waals surface area contributed by atoms with E-state index in [9.17, 15) is 0 Å². The zero-order valence-electron chi connectivity index (χ0n) is 20.8. The third kappa shape index (κ3) is 3.96. The third-order valence-electron chi connectivity index (χ3n) is 7.18. The van der Waals surface area contributed by atoms with E-state index >= 15 is 0 Å². The molecule has 0 amide bonds. The maximum Gasteiger partial charge on any atom is 0.185 e. The van der Waals surface area contributed by atoms with Crippen LogP contribution in [0.5, 0.6) is 0 Å². The Balaban J connectivity index is 1.85. The topological polar surface area (TPSA) is 13.1 Å². The van der Waals surface area contributed by atoms with E-state index in [1.54, 1.807) is 0 Å². The fraction of sp³-hybridized carbons (Fsp3) is 0.0286. The fourth-order valence-corrected chi connectivity index (χ4v) is 10.8. The predicted molar refractivity (Wildman–Crippen MR) is 158 cm³/mol. The summed E-state index contributed by atoms with van der Waals surface area (Å²) in [5, 5.41) is 5.30. The van der Waals surface area contributed by atoms with Crippen LogP contribution in [-0.4, -0.2) is 8.07 Å². The minimum absolute atomic E-state index is 0.944. The van der Waals surface area contributed by atoms with E-state index in [2.05, 4.69) is 159 Å². The van der Waals surface area contributed by atoms with E-state index < -0.39 is 8.07 Å². The van der Waals surface area contributed by atoms with Crippen LogP contribution >= 0.6 is 0 Å². The summed E-state index contributed by atoms with van der Waals surface area (Å²) in [5.41, 5.74) is 3.48. The van der Waals surface area contributed by atoms with Gasteiger partial charge < -0.3 is 4.42 Å². The van der Waals surface area contributed by atoms with E-state index in [1.165, 1.54) is 31.9 Å². The van der Waals surface area contributed by atoms with Gasteiger partial charge in [-0.3, -0.25) is 0 Å². The minimum atomic E-state index is -2.83. The molecule has 37 heavy (non-hydrogen) atoms. The van der Waals surface area contributed by atoms with E-state index in [0.717, 1.165) is 17.1 Å².